The van der Waals surface area contributed by atoms with E-state index in [0.717, 1.165) is 87.9 Å². The Labute approximate surface area is 248 Å². The third kappa shape index (κ3) is 4.24. The Kier molecular flexibility index (Phi) is 6.65. The van der Waals surface area contributed by atoms with Crippen LogP contribution in [0.4, 0.5) is 0 Å². The highest BCUT2D eigenvalue weighted by Gasteiger charge is 2.66. The number of H-pyrrole nitrogens is 1. The fourth-order valence-corrected chi connectivity index (χ4v) is 9.86. The number of carbonyl (C=O) groups is 1. The van der Waals surface area contributed by atoms with Crippen LogP contribution in [-0.4, -0.2) is 74.5 Å². The number of aliphatic hydroxyl groups is 1. The molecule has 0 saturated carbocycles. The van der Waals surface area contributed by atoms with Crippen molar-refractivity contribution >= 4 is 33.2 Å². The zero-order valence-electron chi connectivity index (χ0n) is 24.7. The van der Waals surface area contributed by atoms with E-state index in [0.29, 0.717) is 30.6 Å². The molecular weight excluding hydrogens is 520 g/mol. The lowest BCUT2D eigenvalue weighted by Gasteiger charge is -2.58. The number of ketones is 1. The van der Waals surface area contributed by atoms with Crippen molar-refractivity contribution in [1.29, 1.82) is 0 Å². The average molecular weight is 565 g/mol. The van der Waals surface area contributed by atoms with Gasteiger partial charge in [0.25, 0.3) is 0 Å². The number of allylic oxidation sites excluding steroid dienone is 3. The fourth-order valence-electron chi connectivity index (χ4n) is 9.86. The summed E-state index contributed by atoms with van der Waals surface area (Å²) in [5, 5.41) is 15.5. The van der Waals surface area contributed by atoms with E-state index in [9.17, 15) is 9.90 Å². The van der Waals surface area contributed by atoms with Gasteiger partial charge in [-0.1, -0.05) is 30.4 Å². The molecule has 8 rings (SSSR count). The van der Waals surface area contributed by atoms with Crippen LogP contribution < -0.4 is 0 Å². The van der Waals surface area contributed by atoms with Gasteiger partial charge in [-0.2, -0.15) is 0 Å². The molecule has 1 aromatic carbocycles. The summed E-state index contributed by atoms with van der Waals surface area (Å²) in [5.41, 5.74) is 3.47. The van der Waals surface area contributed by atoms with Crippen LogP contribution >= 0.6 is 0 Å². The number of aromatic nitrogens is 2. The number of para-hydroxylation sites is 1. The summed E-state index contributed by atoms with van der Waals surface area (Å²) < 4.78 is 0. The van der Waals surface area contributed by atoms with Gasteiger partial charge in [-0.25, -0.2) is 0 Å². The van der Waals surface area contributed by atoms with Crippen molar-refractivity contribution in [3.63, 3.8) is 0 Å². The normalized spacial score (nSPS) is 35.9. The fraction of sp³-hybridized carbons (Fsp3) is 0.556. The van der Waals surface area contributed by atoms with Gasteiger partial charge in [0.2, 0.25) is 0 Å². The monoisotopic (exact) mass is 564 g/mol. The van der Waals surface area contributed by atoms with E-state index >= 15 is 0 Å². The predicted molar refractivity (Wildman–Crippen MR) is 168 cm³/mol. The Bertz CT molecular complexity index is 1570. The van der Waals surface area contributed by atoms with Crippen molar-refractivity contribution in [2.75, 3.05) is 26.2 Å². The van der Waals surface area contributed by atoms with Crippen molar-refractivity contribution in [3.05, 3.63) is 60.5 Å². The quantitative estimate of drug-likeness (QED) is 0.342. The third-order valence-electron chi connectivity index (χ3n) is 11.5. The van der Waals surface area contributed by atoms with Gasteiger partial charge in [0.15, 0.2) is 0 Å². The molecule has 6 heterocycles. The summed E-state index contributed by atoms with van der Waals surface area (Å²) in [6.07, 6.45) is 19.4. The van der Waals surface area contributed by atoms with Crippen LogP contribution in [0.25, 0.3) is 27.4 Å². The molecule has 2 aromatic heterocycles. The van der Waals surface area contributed by atoms with Crippen molar-refractivity contribution in [1.82, 2.24) is 19.8 Å². The molecule has 3 bridgehead atoms. The first-order valence-corrected chi connectivity index (χ1v) is 16.5. The largest absolute Gasteiger partial charge is 0.384 e. The number of Topliss-reactive ketones (excluding diaryl/α,β-unsaturated/α-hetero) is 1. The maximum Gasteiger partial charge on any atom is 0.133 e. The summed E-state index contributed by atoms with van der Waals surface area (Å²) in [6.45, 7) is 4.16. The van der Waals surface area contributed by atoms with E-state index in [1.165, 1.54) is 29.2 Å². The van der Waals surface area contributed by atoms with Crippen molar-refractivity contribution < 1.29 is 9.90 Å². The highest BCUT2D eigenvalue weighted by molar-refractivity contribution is 6.09. The highest BCUT2D eigenvalue weighted by Crippen LogP contribution is 2.62. The Morgan fingerprint density at radius 1 is 0.952 bits per heavy atom. The number of hydrogen-bond acceptors (Lipinski definition) is 5. The summed E-state index contributed by atoms with van der Waals surface area (Å²) >= 11 is 0. The molecule has 6 atom stereocenters. The number of nitrogens with zero attached hydrogens (tertiary/aromatic N) is 3. The van der Waals surface area contributed by atoms with E-state index in [-0.39, 0.29) is 11.5 Å². The lowest BCUT2D eigenvalue weighted by molar-refractivity contribution is -0.120. The van der Waals surface area contributed by atoms with E-state index in [1.54, 1.807) is 0 Å². The molecule has 3 saturated heterocycles. The van der Waals surface area contributed by atoms with Gasteiger partial charge in [0, 0.05) is 59.4 Å². The Morgan fingerprint density at radius 2 is 1.86 bits per heavy atom. The number of aromatic amines is 1. The molecular formula is C36H44N4O2. The first-order chi connectivity index (χ1) is 20.6. The predicted octanol–water partition coefficient (Wildman–Crippen LogP) is 6.26. The second kappa shape index (κ2) is 10.4. The number of pyridine rings is 1. The lowest BCUT2D eigenvalue weighted by atomic mass is 9.54. The Morgan fingerprint density at radius 3 is 2.81 bits per heavy atom. The third-order valence-corrected chi connectivity index (χ3v) is 11.5. The van der Waals surface area contributed by atoms with Gasteiger partial charge < -0.3 is 15.0 Å². The number of benzene rings is 1. The molecule has 3 aromatic rings. The SMILES string of the molecule is O=C1CCCN2[C@@H](CC1)C[C@]13CN4CCCCC=CCC[C@](O)(C=C(c5nccc6c5[nH]c5ccccc56)C1CC4)[C@H]23. The minimum atomic E-state index is -0.957. The van der Waals surface area contributed by atoms with Crippen LogP contribution in [0.5, 0.6) is 0 Å². The molecule has 0 amide bonds. The molecule has 0 radical (unpaired) electrons. The van der Waals surface area contributed by atoms with Crippen molar-refractivity contribution in [2.24, 2.45) is 11.3 Å². The topological polar surface area (TPSA) is 72.5 Å². The molecule has 2 N–H and O–H groups in total. The highest BCUT2D eigenvalue weighted by atomic mass is 16.3. The average Bonchev–Trinajstić information content (AvgIpc) is 3.51. The number of rotatable bonds is 1. The molecule has 6 heteroatoms. The smallest absolute Gasteiger partial charge is 0.133 e. The van der Waals surface area contributed by atoms with E-state index in [1.807, 2.05) is 6.20 Å². The molecule has 3 fully saturated rings. The van der Waals surface area contributed by atoms with Crippen LogP contribution in [0.1, 0.15) is 76.3 Å². The minimum Gasteiger partial charge on any atom is -0.384 e. The standard InChI is InChI=1S/C36H44N4O2/c41-26-10-9-20-40-25(13-14-26)22-35-24-39-19-8-4-2-1-3-7-17-36(42,34(35)40)23-29(30(35)16-21-39)32-33-28(15-18-37-32)27-11-5-6-12-31(27)38-33/h1,3,5-6,11-12,15,18,23,25,30,34,38,42H,2,4,7-10,13-14,16-17,19-22,24H2/t25-,30?,34+,35-,36-/m0/s1. The molecule has 1 aliphatic carbocycles. The number of piperidine rings is 1. The Balaban J connectivity index is 1.33. The number of nitrogens with one attached hydrogen (secondary N) is 1. The van der Waals surface area contributed by atoms with E-state index in [4.69, 9.17) is 4.98 Å². The maximum absolute atomic E-state index is 13.1. The van der Waals surface area contributed by atoms with Gasteiger partial charge in [-0.3, -0.25) is 14.7 Å². The van der Waals surface area contributed by atoms with Gasteiger partial charge in [0.1, 0.15) is 5.78 Å². The molecule has 4 aliphatic heterocycles. The zero-order chi connectivity index (χ0) is 28.3. The molecule has 2 unspecified atom stereocenters. The summed E-state index contributed by atoms with van der Waals surface area (Å²) in [4.78, 5) is 26.8. The van der Waals surface area contributed by atoms with Gasteiger partial charge in [-0.15, -0.1) is 0 Å². The van der Waals surface area contributed by atoms with Crippen molar-refractivity contribution in [2.45, 2.75) is 88.3 Å². The van der Waals surface area contributed by atoms with Gasteiger partial charge in [-0.05, 0) is 107 Å². The molecule has 5 aliphatic rings. The molecule has 1 spiro atoms. The van der Waals surface area contributed by atoms with E-state index in [2.05, 4.69) is 63.3 Å². The lowest BCUT2D eigenvalue weighted by Crippen LogP contribution is -2.65. The summed E-state index contributed by atoms with van der Waals surface area (Å²) in [5.74, 6) is 0.744. The number of fused-ring (bicyclic) bond motifs is 5. The van der Waals surface area contributed by atoms with Gasteiger partial charge in [0.05, 0.1) is 16.8 Å². The van der Waals surface area contributed by atoms with E-state index < -0.39 is 5.60 Å². The van der Waals surface area contributed by atoms with Gasteiger partial charge >= 0.3 is 0 Å². The van der Waals surface area contributed by atoms with Crippen LogP contribution in [0, 0.1) is 11.3 Å². The number of hydrogen-bond donors (Lipinski definition) is 2. The van der Waals surface area contributed by atoms with Crippen LogP contribution in [0.15, 0.2) is 54.8 Å². The van der Waals surface area contributed by atoms with Crippen LogP contribution in [-0.2, 0) is 4.79 Å². The first kappa shape index (κ1) is 26.8. The van der Waals surface area contributed by atoms with Crippen LogP contribution in [0.2, 0.25) is 0 Å². The minimum absolute atomic E-state index is 0.0656. The summed E-state index contributed by atoms with van der Waals surface area (Å²) in [7, 11) is 0. The Hall–Kier alpha value is -2.80. The first-order valence-electron chi connectivity index (χ1n) is 16.5. The maximum atomic E-state index is 13.1. The summed E-state index contributed by atoms with van der Waals surface area (Å²) in [6, 6.07) is 11.1. The molecule has 6 nitrogen and oxygen atoms in total. The molecule has 220 valence electrons. The second-order valence-electron chi connectivity index (χ2n) is 13.9. The second-order valence-corrected chi connectivity index (χ2v) is 13.9. The zero-order valence-corrected chi connectivity index (χ0v) is 24.7. The van der Waals surface area contributed by atoms with Crippen LogP contribution in [0.3, 0.4) is 0 Å². The molecule has 42 heavy (non-hydrogen) atoms. The van der Waals surface area contributed by atoms with Crippen molar-refractivity contribution in [3.8, 4) is 0 Å². The number of carbonyl (C=O) groups excluding carboxylic acids is 1.